The van der Waals surface area contributed by atoms with E-state index in [0.29, 0.717) is 6.54 Å². The summed E-state index contributed by atoms with van der Waals surface area (Å²) < 4.78 is 0. The maximum absolute atomic E-state index is 9.45. The lowest BCUT2D eigenvalue weighted by atomic mass is 9.96. The molecule has 0 radical (unpaired) electrons. The lowest BCUT2D eigenvalue weighted by Gasteiger charge is -2.25. The second-order valence-corrected chi connectivity index (χ2v) is 2.89. The molecule has 0 aromatic carbocycles. The largest absolute Gasteiger partial charge is 0.395 e. The molecule has 60 valence electrons. The van der Waals surface area contributed by atoms with Gasteiger partial charge in [0.15, 0.2) is 0 Å². The molecule has 1 fully saturated rings. The number of hydrogen-bond donors (Lipinski definition) is 4. The summed E-state index contributed by atoms with van der Waals surface area (Å²) in [4.78, 5) is 0. The maximum Gasteiger partial charge on any atom is 0.106 e. The van der Waals surface area contributed by atoms with Gasteiger partial charge in [-0.25, -0.2) is 0 Å². The topological polar surface area (TPSA) is 72.7 Å². The van der Waals surface area contributed by atoms with Crippen LogP contribution in [0.25, 0.3) is 0 Å². The molecule has 1 rings (SSSR count). The Morgan fingerprint density at radius 2 is 2.30 bits per heavy atom. The van der Waals surface area contributed by atoms with Crippen molar-refractivity contribution in [3.05, 3.63) is 0 Å². The Balaban J connectivity index is 2.64. The van der Waals surface area contributed by atoms with Crippen LogP contribution in [0.3, 0.4) is 0 Å². The minimum atomic E-state index is -1.19. The minimum absolute atomic E-state index is 0.149. The average molecular weight is 147 g/mol. The van der Waals surface area contributed by atoms with Gasteiger partial charge in [0.2, 0.25) is 0 Å². The molecule has 0 bridgehead atoms. The Morgan fingerprint density at radius 1 is 1.70 bits per heavy atom. The quantitative estimate of drug-likeness (QED) is 0.348. The Morgan fingerprint density at radius 3 is 2.50 bits per heavy atom. The Labute approximate surface area is 59.5 Å². The molecule has 4 heteroatoms. The highest BCUT2D eigenvalue weighted by molar-refractivity contribution is 5.00. The van der Waals surface area contributed by atoms with Gasteiger partial charge < -0.3 is 20.6 Å². The Kier molecular flexibility index (Phi) is 1.96. The third-order valence-corrected chi connectivity index (χ3v) is 2.12. The zero-order valence-corrected chi connectivity index (χ0v) is 5.91. The van der Waals surface area contributed by atoms with Gasteiger partial charge in [-0.1, -0.05) is 0 Å². The summed E-state index contributed by atoms with van der Waals surface area (Å²) in [6, 6.07) is -0.400. The Bertz CT molecular complexity index is 126. The van der Waals surface area contributed by atoms with Crippen LogP contribution >= 0.6 is 0 Å². The fraction of sp³-hybridized carbons (Fsp3) is 1.00. The van der Waals surface area contributed by atoms with Crippen LogP contribution in [0.5, 0.6) is 0 Å². The first-order valence-corrected chi connectivity index (χ1v) is 3.33. The minimum Gasteiger partial charge on any atom is -0.395 e. The molecule has 0 saturated carbocycles. The number of aliphatic hydroxyl groups excluding tert-OH is 2. The van der Waals surface area contributed by atoms with Crippen molar-refractivity contribution < 1.29 is 15.3 Å². The van der Waals surface area contributed by atoms with Crippen LogP contribution in [0.4, 0.5) is 0 Å². The standard InChI is InChI=1S/C6H13NO3/c1-6(10)4(3-8)7-2-5(6)9/h4-5,7-10H,2-3H2,1H3. The fourth-order valence-corrected chi connectivity index (χ4v) is 1.15. The predicted octanol–water partition coefficient (Wildman–Crippen LogP) is -1.94. The Hall–Kier alpha value is -0.160. The van der Waals surface area contributed by atoms with Crippen molar-refractivity contribution in [2.45, 2.75) is 24.7 Å². The van der Waals surface area contributed by atoms with Gasteiger partial charge in [0.25, 0.3) is 0 Å². The van der Waals surface area contributed by atoms with Gasteiger partial charge in [0.1, 0.15) is 5.60 Å². The third-order valence-electron chi connectivity index (χ3n) is 2.12. The zero-order valence-electron chi connectivity index (χ0n) is 5.91. The molecular weight excluding hydrogens is 134 g/mol. The van der Waals surface area contributed by atoms with E-state index in [1.807, 2.05) is 0 Å². The fourth-order valence-electron chi connectivity index (χ4n) is 1.15. The van der Waals surface area contributed by atoms with Crippen LogP contribution in [-0.2, 0) is 0 Å². The van der Waals surface area contributed by atoms with Gasteiger partial charge >= 0.3 is 0 Å². The van der Waals surface area contributed by atoms with E-state index >= 15 is 0 Å². The van der Waals surface area contributed by atoms with E-state index in [0.717, 1.165) is 0 Å². The number of β-amino-alcohol motifs (C(OH)–C–C–N with tert-alkyl or cyclic N) is 1. The molecule has 1 aliphatic heterocycles. The van der Waals surface area contributed by atoms with E-state index in [1.54, 1.807) is 0 Å². The van der Waals surface area contributed by atoms with Crippen LogP contribution in [0.15, 0.2) is 0 Å². The molecule has 0 amide bonds. The van der Waals surface area contributed by atoms with Crippen LogP contribution < -0.4 is 5.32 Å². The van der Waals surface area contributed by atoms with Crippen LogP contribution in [-0.4, -0.2) is 46.2 Å². The second kappa shape index (κ2) is 2.47. The van der Waals surface area contributed by atoms with Gasteiger partial charge in [0.05, 0.1) is 18.8 Å². The number of rotatable bonds is 1. The van der Waals surface area contributed by atoms with E-state index < -0.39 is 17.7 Å². The number of aliphatic hydroxyl groups is 3. The highest BCUT2D eigenvalue weighted by Crippen LogP contribution is 2.20. The van der Waals surface area contributed by atoms with Gasteiger partial charge in [-0.05, 0) is 6.92 Å². The van der Waals surface area contributed by atoms with Crippen molar-refractivity contribution in [2.24, 2.45) is 0 Å². The number of hydrogen-bond acceptors (Lipinski definition) is 4. The van der Waals surface area contributed by atoms with Crippen LogP contribution in [0, 0.1) is 0 Å². The van der Waals surface area contributed by atoms with E-state index in [1.165, 1.54) is 6.92 Å². The molecule has 0 aliphatic carbocycles. The van der Waals surface area contributed by atoms with E-state index in [2.05, 4.69) is 5.32 Å². The molecule has 0 aromatic heterocycles. The van der Waals surface area contributed by atoms with Crippen molar-refractivity contribution in [1.29, 1.82) is 0 Å². The highest BCUT2D eigenvalue weighted by atomic mass is 16.3. The van der Waals surface area contributed by atoms with Crippen molar-refractivity contribution in [2.75, 3.05) is 13.2 Å². The molecule has 0 aromatic rings. The van der Waals surface area contributed by atoms with E-state index in [9.17, 15) is 5.11 Å². The molecular formula is C6H13NO3. The molecule has 4 N–H and O–H groups in total. The molecule has 1 heterocycles. The second-order valence-electron chi connectivity index (χ2n) is 2.89. The molecule has 10 heavy (non-hydrogen) atoms. The summed E-state index contributed by atoms with van der Waals surface area (Å²) in [6.07, 6.45) is -0.773. The van der Waals surface area contributed by atoms with E-state index in [4.69, 9.17) is 10.2 Å². The molecule has 1 aliphatic rings. The molecule has 3 atom stereocenters. The summed E-state index contributed by atoms with van der Waals surface area (Å²) in [6.45, 7) is 1.71. The molecule has 1 saturated heterocycles. The van der Waals surface area contributed by atoms with Gasteiger partial charge in [-0.3, -0.25) is 0 Å². The van der Waals surface area contributed by atoms with E-state index in [-0.39, 0.29) is 6.61 Å². The summed E-state index contributed by atoms with van der Waals surface area (Å²) in [5.41, 5.74) is -1.19. The van der Waals surface area contributed by atoms with Gasteiger partial charge in [0, 0.05) is 6.54 Å². The smallest absolute Gasteiger partial charge is 0.106 e. The summed E-state index contributed by atoms with van der Waals surface area (Å²) in [5.74, 6) is 0. The predicted molar refractivity (Wildman–Crippen MR) is 35.5 cm³/mol. The SMILES string of the molecule is CC1(O)C(O)CNC1CO. The highest BCUT2D eigenvalue weighted by Gasteiger charge is 2.43. The van der Waals surface area contributed by atoms with Crippen LogP contribution in [0.1, 0.15) is 6.92 Å². The lowest BCUT2D eigenvalue weighted by molar-refractivity contribution is -0.0539. The third kappa shape index (κ3) is 1.03. The van der Waals surface area contributed by atoms with Crippen LogP contribution in [0.2, 0.25) is 0 Å². The normalized spacial score (nSPS) is 48.0. The van der Waals surface area contributed by atoms with Crippen molar-refractivity contribution >= 4 is 0 Å². The molecule has 0 spiro atoms. The maximum atomic E-state index is 9.45. The van der Waals surface area contributed by atoms with Gasteiger partial charge in [-0.15, -0.1) is 0 Å². The van der Waals surface area contributed by atoms with Crippen molar-refractivity contribution in [1.82, 2.24) is 5.32 Å². The summed E-state index contributed by atoms with van der Waals surface area (Å²) >= 11 is 0. The first-order chi connectivity index (χ1) is 4.59. The average Bonchev–Trinajstić information content (AvgIpc) is 2.10. The monoisotopic (exact) mass is 147 g/mol. The molecule has 3 unspecified atom stereocenters. The lowest BCUT2D eigenvalue weighted by Crippen LogP contribution is -2.47. The van der Waals surface area contributed by atoms with Crippen molar-refractivity contribution in [3.63, 3.8) is 0 Å². The summed E-state index contributed by atoms with van der Waals surface area (Å²) in [5, 5.41) is 30.1. The van der Waals surface area contributed by atoms with Gasteiger partial charge in [-0.2, -0.15) is 0 Å². The molecule has 4 nitrogen and oxygen atoms in total. The zero-order chi connectivity index (χ0) is 7.78. The number of nitrogens with one attached hydrogen (secondary N) is 1. The summed E-state index contributed by atoms with van der Waals surface area (Å²) in [7, 11) is 0. The first-order valence-electron chi connectivity index (χ1n) is 3.33. The van der Waals surface area contributed by atoms with Crippen molar-refractivity contribution in [3.8, 4) is 0 Å². The first kappa shape index (κ1) is 7.94.